The van der Waals surface area contributed by atoms with Crippen LogP contribution in [0.2, 0.25) is 5.02 Å². The van der Waals surface area contributed by atoms with E-state index in [2.05, 4.69) is 0 Å². The maximum absolute atomic E-state index is 13.0. The SMILES string of the molecule is CCN(C(=O)COC(=O)c1cc(Cl)c2c(c1)OCCO2)c1ccc(F)cc1. The van der Waals surface area contributed by atoms with Crippen LogP contribution < -0.4 is 14.4 Å². The topological polar surface area (TPSA) is 65.1 Å². The van der Waals surface area contributed by atoms with Crippen molar-refractivity contribution in [3.8, 4) is 11.5 Å². The van der Waals surface area contributed by atoms with Crippen molar-refractivity contribution in [2.24, 2.45) is 0 Å². The summed E-state index contributed by atoms with van der Waals surface area (Å²) < 4.78 is 29.0. The van der Waals surface area contributed by atoms with Gasteiger partial charge in [0.25, 0.3) is 5.91 Å². The monoisotopic (exact) mass is 393 g/mol. The molecule has 0 aromatic heterocycles. The fourth-order valence-corrected chi connectivity index (χ4v) is 2.91. The molecule has 1 heterocycles. The van der Waals surface area contributed by atoms with Gasteiger partial charge in [0.2, 0.25) is 0 Å². The van der Waals surface area contributed by atoms with Crippen LogP contribution in [0.15, 0.2) is 36.4 Å². The number of carbonyl (C=O) groups excluding carboxylic acids is 2. The molecule has 6 nitrogen and oxygen atoms in total. The Morgan fingerprint density at radius 1 is 1.19 bits per heavy atom. The third-order valence-electron chi connectivity index (χ3n) is 3.91. The third kappa shape index (κ3) is 4.31. The highest BCUT2D eigenvalue weighted by molar-refractivity contribution is 6.32. The minimum absolute atomic E-state index is 0.155. The summed E-state index contributed by atoms with van der Waals surface area (Å²) in [5, 5.41) is 0.229. The Hall–Kier alpha value is -2.80. The highest BCUT2D eigenvalue weighted by Crippen LogP contribution is 2.38. The van der Waals surface area contributed by atoms with Crippen LogP contribution in [0.3, 0.4) is 0 Å². The number of benzene rings is 2. The highest BCUT2D eigenvalue weighted by atomic mass is 35.5. The van der Waals surface area contributed by atoms with Crippen molar-refractivity contribution in [1.82, 2.24) is 0 Å². The number of carbonyl (C=O) groups is 2. The van der Waals surface area contributed by atoms with Gasteiger partial charge in [0.1, 0.15) is 19.0 Å². The lowest BCUT2D eigenvalue weighted by Crippen LogP contribution is -2.34. The zero-order valence-corrected chi connectivity index (χ0v) is 15.3. The second-order valence-electron chi connectivity index (χ2n) is 5.67. The number of fused-ring (bicyclic) bond motifs is 1. The molecular weight excluding hydrogens is 377 g/mol. The molecule has 0 atom stereocenters. The van der Waals surface area contributed by atoms with Crippen molar-refractivity contribution in [1.29, 1.82) is 0 Å². The van der Waals surface area contributed by atoms with Gasteiger partial charge in [0.15, 0.2) is 18.1 Å². The van der Waals surface area contributed by atoms with Crippen molar-refractivity contribution in [2.45, 2.75) is 6.92 Å². The van der Waals surface area contributed by atoms with Gasteiger partial charge in [0.05, 0.1) is 10.6 Å². The molecule has 0 spiro atoms. The third-order valence-corrected chi connectivity index (χ3v) is 4.20. The summed E-state index contributed by atoms with van der Waals surface area (Å²) in [7, 11) is 0. The molecule has 8 heteroatoms. The molecule has 0 bridgehead atoms. The number of hydrogen-bond donors (Lipinski definition) is 0. The van der Waals surface area contributed by atoms with E-state index in [0.717, 1.165) is 0 Å². The first kappa shape index (κ1) is 19.0. The molecule has 1 aliphatic heterocycles. The molecule has 3 rings (SSSR count). The lowest BCUT2D eigenvalue weighted by molar-refractivity contribution is -0.121. The summed E-state index contributed by atoms with van der Waals surface area (Å²) in [6, 6.07) is 8.35. The van der Waals surface area contributed by atoms with Gasteiger partial charge in [-0.15, -0.1) is 0 Å². The van der Waals surface area contributed by atoms with E-state index in [-0.39, 0.29) is 10.6 Å². The number of amides is 1. The van der Waals surface area contributed by atoms with Gasteiger partial charge in [-0.3, -0.25) is 4.79 Å². The van der Waals surface area contributed by atoms with Crippen LogP contribution in [0.5, 0.6) is 11.5 Å². The number of hydrogen-bond acceptors (Lipinski definition) is 5. The van der Waals surface area contributed by atoms with Crippen molar-refractivity contribution in [2.75, 3.05) is 31.3 Å². The van der Waals surface area contributed by atoms with Gasteiger partial charge in [-0.1, -0.05) is 11.6 Å². The Balaban J connectivity index is 1.67. The molecule has 0 radical (unpaired) electrons. The smallest absolute Gasteiger partial charge is 0.338 e. The second-order valence-corrected chi connectivity index (χ2v) is 6.08. The average Bonchev–Trinajstić information content (AvgIpc) is 2.68. The maximum Gasteiger partial charge on any atom is 0.338 e. The normalized spacial score (nSPS) is 12.4. The number of ether oxygens (including phenoxy) is 3. The number of rotatable bonds is 5. The first-order chi connectivity index (χ1) is 13.0. The van der Waals surface area contributed by atoms with E-state index in [1.54, 1.807) is 6.92 Å². The van der Waals surface area contributed by atoms with Crippen LogP contribution in [0.4, 0.5) is 10.1 Å². The Labute approximate surface area is 160 Å². The van der Waals surface area contributed by atoms with Gasteiger partial charge >= 0.3 is 5.97 Å². The van der Waals surface area contributed by atoms with E-state index < -0.39 is 24.3 Å². The van der Waals surface area contributed by atoms with E-state index in [1.165, 1.54) is 41.3 Å². The van der Waals surface area contributed by atoms with Crippen LogP contribution in [0.25, 0.3) is 0 Å². The predicted molar refractivity (Wildman–Crippen MR) is 97.2 cm³/mol. The summed E-state index contributed by atoms with van der Waals surface area (Å²) in [5.41, 5.74) is 0.671. The summed E-state index contributed by atoms with van der Waals surface area (Å²) >= 11 is 6.10. The van der Waals surface area contributed by atoms with E-state index in [1.807, 2.05) is 0 Å². The van der Waals surface area contributed by atoms with Crippen LogP contribution in [0, 0.1) is 5.82 Å². The van der Waals surface area contributed by atoms with E-state index in [4.69, 9.17) is 25.8 Å². The molecule has 0 fully saturated rings. The zero-order chi connectivity index (χ0) is 19.4. The minimum Gasteiger partial charge on any atom is -0.486 e. The number of anilines is 1. The van der Waals surface area contributed by atoms with Crippen molar-refractivity contribution >= 4 is 29.2 Å². The van der Waals surface area contributed by atoms with Gasteiger partial charge in [-0.25, -0.2) is 9.18 Å². The lowest BCUT2D eigenvalue weighted by Gasteiger charge is -2.21. The van der Waals surface area contributed by atoms with Crippen LogP contribution in [0.1, 0.15) is 17.3 Å². The van der Waals surface area contributed by atoms with Crippen LogP contribution >= 0.6 is 11.6 Å². The fraction of sp³-hybridized carbons (Fsp3) is 0.263. The molecule has 27 heavy (non-hydrogen) atoms. The Bertz CT molecular complexity index is 856. The number of nitrogens with zero attached hydrogens (tertiary/aromatic N) is 1. The predicted octanol–water partition coefficient (Wildman–Crippen LogP) is 3.46. The first-order valence-corrected chi connectivity index (χ1v) is 8.69. The molecular formula is C19H17ClFNO5. The molecule has 2 aromatic rings. The fourth-order valence-electron chi connectivity index (χ4n) is 2.64. The molecule has 142 valence electrons. The molecule has 0 saturated carbocycles. The van der Waals surface area contributed by atoms with Crippen molar-refractivity contribution in [3.05, 3.63) is 52.8 Å². The number of likely N-dealkylation sites (N-methyl/N-ethyl adjacent to an activating group) is 1. The molecule has 1 amide bonds. The van der Waals surface area contributed by atoms with Gasteiger partial charge in [-0.05, 0) is 43.3 Å². The minimum atomic E-state index is -0.711. The second kappa shape index (κ2) is 8.26. The zero-order valence-electron chi connectivity index (χ0n) is 14.5. The Kier molecular flexibility index (Phi) is 5.81. The summed E-state index contributed by atoms with van der Waals surface area (Å²) in [5.74, 6) is -0.805. The summed E-state index contributed by atoms with van der Waals surface area (Å²) in [4.78, 5) is 26.1. The molecule has 1 aliphatic rings. The lowest BCUT2D eigenvalue weighted by atomic mass is 10.2. The largest absolute Gasteiger partial charge is 0.486 e. The van der Waals surface area contributed by atoms with Crippen LogP contribution in [-0.4, -0.2) is 38.2 Å². The highest BCUT2D eigenvalue weighted by Gasteiger charge is 2.21. The Morgan fingerprint density at radius 2 is 1.89 bits per heavy atom. The average molecular weight is 394 g/mol. The van der Waals surface area contributed by atoms with E-state index in [9.17, 15) is 14.0 Å². The standard InChI is InChI=1S/C19H17ClFNO5/c1-2-22(14-5-3-13(21)4-6-14)17(23)11-27-19(24)12-9-15(20)18-16(10-12)25-7-8-26-18/h3-6,9-10H,2,7-8,11H2,1H3. The number of halogens is 2. The van der Waals surface area contributed by atoms with Gasteiger partial charge < -0.3 is 19.1 Å². The van der Waals surface area contributed by atoms with E-state index in [0.29, 0.717) is 36.9 Å². The number of esters is 1. The molecule has 0 unspecified atom stereocenters. The van der Waals surface area contributed by atoms with E-state index >= 15 is 0 Å². The van der Waals surface area contributed by atoms with Crippen molar-refractivity contribution < 1.29 is 28.2 Å². The first-order valence-electron chi connectivity index (χ1n) is 8.31. The van der Waals surface area contributed by atoms with Gasteiger partial charge in [0, 0.05) is 12.2 Å². The molecule has 0 aliphatic carbocycles. The molecule has 0 saturated heterocycles. The molecule has 2 aromatic carbocycles. The van der Waals surface area contributed by atoms with Gasteiger partial charge in [-0.2, -0.15) is 0 Å². The quantitative estimate of drug-likeness (QED) is 0.728. The molecule has 0 N–H and O–H groups in total. The van der Waals surface area contributed by atoms with Crippen LogP contribution in [-0.2, 0) is 9.53 Å². The summed E-state index contributed by atoms with van der Waals surface area (Å²) in [6.45, 7) is 2.38. The maximum atomic E-state index is 13.0. The van der Waals surface area contributed by atoms with Crippen molar-refractivity contribution in [3.63, 3.8) is 0 Å². The Morgan fingerprint density at radius 3 is 2.59 bits per heavy atom. The summed E-state index contributed by atoms with van der Waals surface area (Å²) in [6.07, 6.45) is 0.